The number of nitrogens with zero attached hydrogens (tertiary/aromatic N) is 1. The summed E-state index contributed by atoms with van der Waals surface area (Å²) in [4.78, 5) is 2.36. The van der Waals surface area contributed by atoms with E-state index in [1.54, 1.807) is 0 Å². The minimum Gasteiger partial charge on any atom is -0.396 e. The highest BCUT2D eigenvalue weighted by atomic mass is 16.3. The highest BCUT2D eigenvalue weighted by Crippen LogP contribution is 2.07. The maximum atomic E-state index is 8.60. The Morgan fingerprint density at radius 3 is 3.08 bits per heavy atom. The van der Waals surface area contributed by atoms with E-state index >= 15 is 0 Å². The van der Waals surface area contributed by atoms with Gasteiger partial charge in [0.2, 0.25) is 0 Å². The lowest BCUT2D eigenvalue weighted by Gasteiger charge is -2.30. The lowest BCUT2D eigenvalue weighted by atomic mass is 10.1. The molecule has 1 rings (SSSR count). The fourth-order valence-electron chi connectivity index (χ4n) is 1.72. The molecular weight excluding hydrogens is 152 g/mol. The summed E-state index contributed by atoms with van der Waals surface area (Å²) >= 11 is 0. The van der Waals surface area contributed by atoms with Crippen molar-refractivity contribution in [2.75, 3.05) is 33.3 Å². The average Bonchev–Trinajstić information content (AvgIpc) is 2.05. The predicted molar refractivity (Wildman–Crippen MR) is 50.2 cm³/mol. The predicted octanol–water partition coefficient (Wildman–Crippen LogP) is 0.0526. The van der Waals surface area contributed by atoms with Crippen LogP contribution in [0.2, 0.25) is 0 Å². The third-order valence-corrected chi connectivity index (χ3v) is 2.39. The van der Waals surface area contributed by atoms with Crippen molar-refractivity contribution in [2.24, 2.45) is 0 Å². The molecule has 3 nitrogen and oxygen atoms in total. The van der Waals surface area contributed by atoms with E-state index in [2.05, 4.69) is 17.3 Å². The molecule has 1 aliphatic rings. The van der Waals surface area contributed by atoms with Crippen molar-refractivity contribution < 1.29 is 5.11 Å². The Kier molecular flexibility index (Phi) is 4.58. The minimum atomic E-state index is 0.301. The van der Waals surface area contributed by atoms with Gasteiger partial charge in [0.1, 0.15) is 0 Å². The molecule has 0 saturated carbocycles. The molecule has 1 heterocycles. The van der Waals surface area contributed by atoms with Crippen LogP contribution in [0.15, 0.2) is 0 Å². The van der Waals surface area contributed by atoms with Gasteiger partial charge in [0.15, 0.2) is 0 Å². The smallest absolute Gasteiger partial charge is 0.0443 e. The van der Waals surface area contributed by atoms with E-state index in [1.807, 2.05) is 0 Å². The van der Waals surface area contributed by atoms with Gasteiger partial charge in [-0.3, -0.25) is 0 Å². The topological polar surface area (TPSA) is 35.5 Å². The largest absolute Gasteiger partial charge is 0.396 e. The lowest BCUT2D eigenvalue weighted by molar-refractivity contribution is 0.221. The van der Waals surface area contributed by atoms with Gasteiger partial charge >= 0.3 is 0 Å². The summed E-state index contributed by atoms with van der Waals surface area (Å²) in [6, 6.07) is 0.648. The van der Waals surface area contributed by atoms with Gasteiger partial charge in [0.05, 0.1) is 0 Å². The molecular formula is C9H20N2O. The van der Waals surface area contributed by atoms with Crippen molar-refractivity contribution in [3.63, 3.8) is 0 Å². The molecule has 1 aliphatic heterocycles. The van der Waals surface area contributed by atoms with Crippen molar-refractivity contribution >= 4 is 0 Å². The van der Waals surface area contributed by atoms with Crippen molar-refractivity contribution in [1.29, 1.82) is 0 Å². The quantitative estimate of drug-likeness (QED) is 0.588. The molecule has 72 valence electrons. The number of likely N-dealkylation sites (tertiary alicyclic amines) is 1. The molecule has 0 amide bonds. The first-order valence-corrected chi connectivity index (χ1v) is 4.85. The number of nitrogens with one attached hydrogen (secondary N) is 1. The lowest BCUT2D eigenvalue weighted by Crippen LogP contribution is -2.44. The Labute approximate surface area is 74.8 Å². The summed E-state index contributed by atoms with van der Waals surface area (Å²) in [6.07, 6.45) is 3.46. The Bertz CT molecular complexity index is 119. The molecule has 0 radical (unpaired) electrons. The first-order valence-electron chi connectivity index (χ1n) is 4.85. The number of rotatable bonds is 4. The van der Waals surface area contributed by atoms with Crippen LogP contribution in [0, 0.1) is 0 Å². The van der Waals surface area contributed by atoms with Gasteiger partial charge in [-0.05, 0) is 39.4 Å². The van der Waals surface area contributed by atoms with E-state index in [9.17, 15) is 0 Å². The van der Waals surface area contributed by atoms with Gasteiger partial charge in [-0.25, -0.2) is 0 Å². The van der Waals surface area contributed by atoms with E-state index in [-0.39, 0.29) is 0 Å². The molecule has 12 heavy (non-hydrogen) atoms. The van der Waals surface area contributed by atoms with E-state index in [4.69, 9.17) is 5.11 Å². The maximum Gasteiger partial charge on any atom is 0.0443 e. The first kappa shape index (κ1) is 9.96. The number of likely N-dealkylation sites (N-methyl/N-ethyl adjacent to an activating group) is 1. The monoisotopic (exact) mass is 172 g/mol. The van der Waals surface area contributed by atoms with Crippen LogP contribution in [0.1, 0.15) is 19.3 Å². The van der Waals surface area contributed by atoms with Crippen LogP contribution in [0.3, 0.4) is 0 Å². The number of aliphatic hydroxyl groups is 1. The first-order chi connectivity index (χ1) is 5.83. The number of piperidine rings is 1. The summed E-state index contributed by atoms with van der Waals surface area (Å²) < 4.78 is 0. The fraction of sp³-hybridized carbons (Fsp3) is 1.00. The van der Waals surface area contributed by atoms with Gasteiger partial charge in [-0.15, -0.1) is 0 Å². The van der Waals surface area contributed by atoms with Crippen LogP contribution in [-0.2, 0) is 0 Å². The average molecular weight is 172 g/mol. The van der Waals surface area contributed by atoms with Crippen molar-refractivity contribution in [3.05, 3.63) is 0 Å². The van der Waals surface area contributed by atoms with E-state index < -0.39 is 0 Å². The zero-order chi connectivity index (χ0) is 8.81. The Balaban J connectivity index is 2.06. The molecule has 3 heteroatoms. The second-order valence-electron chi connectivity index (χ2n) is 3.63. The molecule has 2 N–H and O–H groups in total. The molecule has 0 aromatic carbocycles. The van der Waals surface area contributed by atoms with Crippen LogP contribution < -0.4 is 5.32 Å². The zero-order valence-electron chi connectivity index (χ0n) is 7.92. The molecule has 0 spiro atoms. The number of hydrogen-bond acceptors (Lipinski definition) is 3. The second kappa shape index (κ2) is 5.51. The summed E-state index contributed by atoms with van der Waals surface area (Å²) in [5.41, 5.74) is 0. The molecule has 0 aromatic rings. The van der Waals surface area contributed by atoms with Crippen LogP contribution in [-0.4, -0.2) is 49.3 Å². The standard InChI is InChI=1S/C9H20N2O/c1-11-6-2-4-9(8-11)10-5-3-7-12/h9-10,12H,2-8H2,1H3. The normalized spacial score (nSPS) is 26.0. The molecule has 0 bridgehead atoms. The SMILES string of the molecule is CN1CCCC(NCCCO)C1. The summed E-state index contributed by atoms with van der Waals surface area (Å²) in [5.74, 6) is 0. The third-order valence-electron chi connectivity index (χ3n) is 2.39. The van der Waals surface area contributed by atoms with Gasteiger partial charge < -0.3 is 15.3 Å². The van der Waals surface area contributed by atoms with Crippen molar-refractivity contribution in [1.82, 2.24) is 10.2 Å². The van der Waals surface area contributed by atoms with Gasteiger partial charge in [0, 0.05) is 19.2 Å². The van der Waals surface area contributed by atoms with Gasteiger partial charge in [-0.1, -0.05) is 0 Å². The second-order valence-corrected chi connectivity index (χ2v) is 3.63. The molecule has 1 saturated heterocycles. The van der Waals surface area contributed by atoms with Crippen LogP contribution >= 0.6 is 0 Å². The van der Waals surface area contributed by atoms with Gasteiger partial charge in [0.25, 0.3) is 0 Å². The number of hydrogen-bond donors (Lipinski definition) is 2. The molecule has 0 aromatic heterocycles. The Morgan fingerprint density at radius 1 is 1.58 bits per heavy atom. The molecule has 1 atom stereocenters. The van der Waals surface area contributed by atoms with Crippen molar-refractivity contribution in [3.8, 4) is 0 Å². The zero-order valence-corrected chi connectivity index (χ0v) is 7.92. The molecule has 0 aliphatic carbocycles. The Morgan fingerprint density at radius 2 is 2.42 bits per heavy atom. The fourth-order valence-corrected chi connectivity index (χ4v) is 1.72. The highest BCUT2D eigenvalue weighted by Gasteiger charge is 2.15. The summed E-state index contributed by atoms with van der Waals surface area (Å²) in [5, 5.41) is 12.0. The van der Waals surface area contributed by atoms with E-state index in [0.29, 0.717) is 12.6 Å². The minimum absolute atomic E-state index is 0.301. The highest BCUT2D eigenvalue weighted by molar-refractivity contribution is 4.75. The van der Waals surface area contributed by atoms with E-state index in [0.717, 1.165) is 19.5 Å². The Hall–Kier alpha value is -0.120. The molecule has 1 fully saturated rings. The van der Waals surface area contributed by atoms with Gasteiger partial charge in [-0.2, -0.15) is 0 Å². The maximum absolute atomic E-state index is 8.60. The summed E-state index contributed by atoms with van der Waals surface area (Å²) in [6.45, 7) is 3.65. The number of aliphatic hydroxyl groups excluding tert-OH is 1. The third kappa shape index (κ3) is 3.52. The van der Waals surface area contributed by atoms with E-state index in [1.165, 1.54) is 19.4 Å². The van der Waals surface area contributed by atoms with Crippen molar-refractivity contribution in [2.45, 2.75) is 25.3 Å². The van der Waals surface area contributed by atoms with Crippen LogP contribution in [0.25, 0.3) is 0 Å². The summed E-state index contributed by atoms with van der Waals surface area (Å²) in [7, 11) is 2.17. The molecule has 1 unspecified atom stereocenters. The van der Waals surface area contributed by atoms with Crippen LogP contribution in [0.4, 0.5) is 0 Å². The van der Waals surface area contributed by atoms with Crippen LogP contribution in [0.5, 0.6) is 0 Å².